The molecule has 28 heavy (non-hydrogen) atoms. The van der Waals surface area contributed by atoms with Crippen LogP contribution in [0.3, 0.4) is 0 Å². The second kappa shape index (κ2) is 8.13. The van der Waals surface area contributed by atoms with Crippen LogP contribution in [0.1, 0.15) is 29.2 Å². The molecular weight excluding hydrogens is 344 g/mol. The second-order valence-corrected chi connectivity index (χ2v) is 7.01. The van der Waals surface area contributed by atoms with E-state index in [9.17, 15) is 0 Å². The molecule has 0 aromatic heterocycles. The Morgan fingerprint density at radius 1 is 0.893 bits per heavy atom. The third-order valence-electron chi connectivity index (χ3n) is 5.00. The van der Waals surface area contributed by atoms with Crippen molar-refractivity contribution in [3.8, 4) is 5.75 Å². The molecule has 0 radical (unpaired) electrons. The van der Waals surface area contributed by atoms with Gasteiger partial charge in [0, 0.05) is 6.42 Å². The minimum atomic E-state index is 0.172. The first-order valence-corrected chi connectivity index (χ1v) is 9.53. The van der Waals surface area contributed by atoms with E-state index >= 15 is 0 Å². The molecule has 0 bridgehead atoms. The van der Waals surface area contributed by atoms with Gasteiger partial charge in [-0.05, 0) is 48.4 Å². The third-order valence-corrected chi connectivity index (χ3v) is 5.00. The van der Waals surface area contributed by atoms with E-state index in [2.05, 4.69) is 84.7 Å². The number of hydrogen-bond donors (Lipinski definition) is 0. The maximum Gasteiger partial charge on any atom is 0.118 e. The molecule has 1 atom stereocenters. The van der Waals surface area contributed by atoms with Crippen molar-refractivity contribution < 1.29 is 4.74 Å². The van der Waals surface area contributed by atoms with Gasteiger partial charge in [0.1, 0.15) is 5.75 Å². The highest BCUT2D eigenvalue weighted by molar-refractivity contribution is 6.01. The summed E-state index contributed by atoms with van der Waals surface area (Å²) in [5.41, 5.74) is 5.86. The van der Waals surface area contributed by atoms with E-state index in [-0.39, 0.29) is 6.04 Å². The number of ether oxygens (including phenoxy) is 1. The number of methoxy groups -OCH3 is 1. The van der Waals surface area contributed by atoms with E-state index in [4.69, 9.17) is 9.84 Å². The van der Waals surface area contributed by atoms with Crippen molar-refractivity contribution in [2.45, 2.75) is 19.4 Å². The fourth-order valence-electron chi connectivity index (χ4n) is 3.41. The van der Waals surface area contributed by atoms with Gasteiger partial charge in [0.2, 0.25) is 0 Å². The van der Waals surface area contributed by atoms with Gasteiger partial charge in [0.05, 0.1) is 24.6 Å². The minimum absolute atomic E-state index is 0.172. The Morgan fingerprint density at radius 3 is 2.29 bits per heavy atom. The Bertz CT molecular complexity index is 973. The van der Waals surface area contributed by atoms with E-state index in [1.54, 1.807) is 7.11 Å². The molecule has 0 amide bonds. The summed E-state index contributed by atoms with van der Waals surface area (Å²) in [5, 5.41) is 7.04. The summed E-state index contributed by atoms with van der Waals surface area (Å²) in [4.78, 5) is 0. The molecule has 3 nitrogen and oxygen atoms in total. The Hall–Kier alpha value is -3.33. The van der Waals surface area contributed by atoms with Crippen LogP contribution in [0.25, 0.3) is 6.08 Å². The van der Waals surface area contributed by atoms with Crippen LogP contribution in [0.4, 0.5) is 5.69 Å². The van der Waals surface area contributed by atoms with Gasteiger partial charge in [-0.2, -0.15) is 5.10 Å². The Labute approximate surface area is 166 Å². The number of hydrazone groups is 1. The smallest absolute Gasteiger partial charge is 0.118 e. The van der Waals surface area contributed by atoms with Crippen molar-refractivity contribution in [2.24, 2.45) is 5.10 Å². The summed E-state index contributed by atoms with van der Waals surface area (Å²) in [5.74, 6) is 0.869. The fourth-order valence-corrected chi connectivity index (χ4v) is 3.41. The molecule has 0 spiro atoms. The summed E-state index contributed by atoms with van der Waals surface area (Å²) >= 11 is 0. The predicted molar refractivity (Wildman–Crippen MR) is 117 cm³/mol. The second-order valence-electron chi connectivity index (χ2n) is 7.01. The number of hydrogen-bond acceptors (Lipinski definition) is 3. The molecule has 3 heteroatoms. The van der Waals surface area contributed by atoms with Gasteiger partial charge < -0.3 is 4.74 Å². The summed E-state index contributed by atoms with van der Waals surface area (Å²) in [7, 11) is 1.69. The number of rotatable bonds is 5. The van der Waals surface area contributed by atoms with E-state index < -0.39 is 0 Å². The molecule has 3 aromatic rings. The molecule has 140 valence electrons. The largest absolute Gasteiger partial charge is 0.497 e. The normalized spacial score (nSPS) is 16.4. The lowest BCUT2D eigenvalue weighted by Gasteiger charge is -2.24. The predicted octanol–water partition coefficient (Wildman–Crippen LogP) is 6.02. The lowest BCUT2D eigenvalue weighted by atomic mass is 10.0. The minimum Gasteiger partial charge on any atom is -0.497 e. The summed E-state index contributed by atoms with van der Waals surface area (Å²) in [6.07, 6.45) is 5.13. The Kier molecular flexibility index (Phi) is 5.24. The zero-order chi connectivity index (χ0) is 19.3. The van der Waals surface area contributed by atoms with Crippen LogP contribution in [-0.2, 0) is 0 Å². The van der Waals surface area contributed by atoms with Gasteiger partial charge >= 0.3 is 0 Å². The monoisotopic (exact) mass is 368 g/mol. The van der Waals surface area contributed by atoms with Crippen LogP contribution >= 0.6 is 0 Å². The van der Waals surface area contributed by atoms with E-state index in [1.807, 2.05) is 18.2 Å². The Balaban J connectivity index is 1.62. The van der Waals surface area contributed by atoms with Crippen molar-refractivity contribution in [3.63, 3.8) is 0 Å². The van der Waals surface area contributed by atoms with Crippen LogP contribution in [-0.4, -0.2) is 12.8 Å². The third kappa shape index (κ3) is 3.99. The average molecular weight is 368 g/mol. The number of nitrogens with zero attached hydrogens (tertiary/aromatic N) is 2. The summed E-state index contributed by atoms with van der Waals surface area (Å²) < 4.78 is 5.31. The first-order valence-electron chi connectivity index (χ1n) is 9.53. The molecular formula is C25H24N2O. The van der Waals surface area contributed by atoms with Crippen molar-refractivity contribution in [1.29, 1.82) is 0 Å². The number of aryl methyl sites for hydroxylation is 1. The van der Waals surface area contributed by atoms with Gasteiger partial charge in [0.25, 0.3) is 0 Å². The molecule has 0 aliphatic carbocycles. The van der Waals surface area contributed by atoms with E-state index in [0.29, 0.717) is 0 Å². The molecule has 1 aliphatic heterocycles. The first kappa shape index (κ1) is 18.1. The highest BCUT2D eigenvalue weighted by atomic mass is 16.5. The number of allylic oxidation sites excluding steroid dienone is 1. The van der Waals surface area contributed by atoms with Crippen LogP contribution in [0, 0.1) is 6.92 Å². The SMILES string of the molecule is COc1ccc(C2CC(C=Cc3ccc(C)cc3)=NN2c2ccccc2)cc1. The number of para-hydroxylation sites is 1. The topological polar surface area (TPSA) is 24.8 Å². The molecule has 3 aromatic carbocycles. The van der Waals surface area contributed by atoms with Gasteiger partial charge in [-0.1, -0.05) is 66.2 Å². The highest BCUT2D eigenvalue weighted by Gasteiger charge is 2.28. The molecule has 0 saturated heterocycles. The van der Waals surface area contributed by atoms with Crippen molar-refractivity contribution in [2.75, 3.05) is 12.1 Å². The molecule has 0 N–H and O–H groups in total. The van der Waals surface area contributed by atoms with Gasteiger partial charge in [-0.3, -0.25) is 5.01 Å². The van der Waals surface area contributed by atoms with Gasteiger partial charge in [0.15, 0.2) is 0 Å². The molecule has 0 saturated carbocycles. The van der Waals surface area contributed by atoms with Crippen LogP contribution in [0.2, 0.25) is 0 Å². The van der Waals surface area contributed by atoms with Crippen molar-refractivity contribution >= 4 is 17.5 Å². The zero-order valence-electron chi connectivity index (χ0n) is 16.2. The standard InChI is InChI=1S/C25H24N2O/c1-19-8-10-20(11-9-19)12-15-22-18-25(21-13-16-24(28-2)17-14-21)27(26-22)23-6-4-3-5-7-23/h3-17,25H,18H2,1-2H3. The lowest BCUT2D eigenvalue weighted by molar-refractivity contribution is 0.414. The Morgan fingerprint density at radius 2 is 1.61 bits per heavy atom. The van der Waals surface area contributed by atoms with Crippen molar-refractivity contribution in [3.05, 3.63) is 102 Å². The highest BCUT2D eigenvalue weighted by Crippen LogP contribution is 2.36. The summed E-state index contributed by atoms with van der Waals surface area (Å²) in [6.45, 7) is 2.10. The quantitative estimate of drug-likeness (QED) is 0.550. The molecule has 1 heterocycles. The van der Waals surface area contributed by atoms with Crippen LogP contribution in [0.15, 0.2) is 90.0 Å². The summed E-state index contributed by atoms with van der Waals surface area (Å²) in [6, 6.07) is 27.3. The van der Waals surface area contributed by atoms with Gasteiger partial charge in [-0.15, -0.1) is 0 Å². The maximum absolute atomic E-state index is 5.31. The van der Waals surface area contributed by atoms with Crippen molar-refractivity contribution in [1.82, 2.24) is 0 Å². The molecule has 1 aliphatic rings. The number of benzene rings is 3. The molecule has 1 unspecified atom stereocenters. The molecule has 4 rings (SSSR count). The lowest BCUT2D eigenvalue weighted by Crippen LogP contribution is -2.18. The van der Waals surface area contributed by atoms with E-state index in [1.165, 1.54) is 16.7 Å². The van der Waals surface area contributed by atoms with Crippen LogP contribution in [0.5, 0.6) is 5.75 Å². The van der Waals surface area contributed by atoms with Crippen LogP contribution < -0.4 is 9.75 Å². The van der Waals surface area contributed by atoms with Gasteiger partial charge in [-0.25, -0.2) is 0 Å². The maximum atomic E-state index is 5.31. The average Bonchev–Trinajstić information content (AvgIpc) is 3.18. The van der Waals surface area contributed by atoms with E-state index in [0.717, 1.165) is 23.6 Å². The number of anilines is 1. The first-order chi connectivity index (χ1) is 13.7. The zero-order valence-corrected chi connectivity index (χ0v) is 16.2. The molecule has 0 fully saturated rings. The fraction of sp³-hybridized carbons (Fsp3) is 0.160.